The van der Waals surface area contributed by atoms with Crippen LogP contribution in [0.5, 0.6) is 0 Å². The maximum Gasteiger partial charge on any atom is 0.216 e. The van der Waals surface area contributed by atoms with Crippen LogP contribution >= 0.6 is 0 Å². The van der Waals surface area contributed by atoms with Crippen LogP contribution in [0, 0.1) is 6.92 Å². The number of carbonyl (C=O) groups excluding carboxylic acids is 1. The minimum absolute atomic E-state index is 0.150. The highest BCUT2D eigenvalue weighted by molar-refractivity contribution is 5.79. The predicted molar refractivity (Wildman–Crippen MR) is 75.1 cm³/mol. The largest absolute Gasteiger partial charge is 0.390 e. The van der Waals surface area contributed by atoms with Gasteiger partial charge in [-0.2, -0.15) is 5.10 Å². The normalized spacial score (nSPS) is 14.2. The van der Waals surface area contributed by atoms with Crippen molar-refractivity contribution in [3.05, 3.63) is 29.5 Å². The number of aromatic amines is 1. The number of nitrogens with one attached hydrogen (secondary N) is 2. The van der Waals surface area contributed by atoms with E-state index in [4.69, 9.17) is 0 Å². The molecule has 0 bridgehead atoms. The van der Waals surface area contributed by atoms with Crippen LogP contribution in [0.2, 0.25) is 0 Å². The van der Waals surface area contributed by atoms with Crippen LogP contribution in [0.3, 0.4) is 0 Å². The van der Waals surface area contributed by atoms with Crippen LogP contribution in [0.15, 0.2) is 18.3 Å². The molecule has 2 aromatic rings. The molecule has 2 unspecified atom stereocenters. The van der Waals surface area contributed by atoms with Gasteiger partial charge in [-0.3, -0.25) is 9.89 Å². The number of rotatable bonds is 5. The molecule has 6 heteroatoms. The minimum Gasteiger partial charge on any atom is -0.390 e. The molecular formula is C14H19N3O3. The number of aryl methyl sites for hydroxylation is 1. The number of hydrogen-bond acceptors (Lipinski definition) is 4. The molecule has 2 atom stereocenters. The molecule has 1 amide bonds. The monoisotopic (exact) mass is 277 g/mol. The number of H-pyrrole nitrogens is 1. The van der Waals surface area contributed by atoms with Gasteiger partial charge in [-0.05, 0) is 36.6 Å². The fraction of sp³-hybridized carbons (Fsp3) is 0.429. The Hall–Kier alpha value is -1.92. The van der Waals surface area contributed by atoms with Crippen molar-refractivity contribution in [2.75, 3.05) is 6.54 Å². The molecule has 1 aromatic heterocycles. The lowest BCUT2D eigenvalue weighted by Gasteiger charge is -2.20. The molecule has 0 radical (unpaired) electrons. The number of benzene rings is 1. The van der Waals surface area contributed by atoms with Crippen LogP contribution in [0.1, 0.15) is 30.6 Å². The number of hydrogen-bond donors (Lipinski definition) is 4. The first-order valence-corrected chi connectivity index (χ1v) is 6.53. The maximum atomic E-state index is 10.8. The third-order valence-electron chi connectivity index (χ3n) is 3.32. The van der Waals surface area contributed by atoms with Gasteiger partial charge in [0.1, 0.15) is 6.10 Å². The van der Waals surface area contributed by atoms with Crippen LogP contribution in [-0.4, -0.2) is 39.0 Å². The molecule has 0 aliphatic carbocycles. The van der Waals surface area contributed by atoms with Gasteiger partial charge in [-0.25, -0.2) is 0 Å². The molecule has 0 saturated carbocycles. The van der Waals surface area contributed by atoms with Crippen molar-refractivity contribution in [1.82, 2.24) is 15.5 Å². The smallest absolute Gasteiger partial charge is 0.216 e. The van der Waals surface area contributed by atoms with Crippen molar-refractivity contribution in [2.24, 2.45) is 0 Å². The summed E-state index contributed by atoms with van der Waals surface area (Å²) in [4.78, 5) is 10.8. The summed E-state index contributed by atoms with van der Waals surface area (Å²) >= 11 is 0. The first-order chi connectivity index (χ1) is 9.49. The molecule has 1 heterocycles. The summed E-state index contributed by atoms with van der Waals surface area (Å²) in [6.45, 7) is 3.62. The second-order valence-electron chi connectivity index (χ2n) is 4.95. The molecule has 0 aliphatic heterocycles. The summed E-state index contributed by atoms with van der Waals surface area (Å²) < 4.78 is 0. The fourth-order valence-electron chi connectivity index (χ4n) is 2.20. The average Bonchev–Trinajstić information content (AvgIpc) is 2.83. The van der Waals surface area contributed by atoms with E-state index in [1.54, 1.807) is 6.20 Å². The fourth-order valence-corrected chi connectivity index (χ4v) is 2.20. The molecule has 4 N–H and O–H groups in total. The Morgan fingerprint density at radius 2 is 2.20 bits per heavy atom. The Kier molecular flexibility index (Phi) is 4.36. The summed E-state index contributed by atoms with van der Waals surface area (Å²) in [5.74, 6) is -0.150. The third kappa shape index (κ3) is 3.15. The van der Waals surface area contributed by atoms with Gasteiger partial charge in [0, 0.05) is 18.9 Å². The highest BCUT2D eigenvalue weighted by Gasteiger charge is 2.20. The maximum absolute atomic E-state index is 10.8. The van der Waals surface area contributed by atoms with Gasteiger partial charge in [0.05, 0.1) is 17.8 Å². The first kappa shape index (κ1) is 14.5. The van der Waals surface area contributed by atoms with E-state index in [1.807, 2.05) is 19.1 Å². The van der Waals surface area contributed by atoms with Crippen molar-refractivity contribution >= 4 is 16.8 Å². The van der Waals surface area contributed by atoms with Crippen molar-refractivity contribution < 1.29 is 15.0 Å². The molecule has 6 nitrogen and oxygen atoms in total. The standard InChI is InChI=1S/C14H19N3O3/c1-8-5-12-10(7-16-17-12)6-11(8)14(20)13(19)3-4-15-9(2)18/h5-7,13-14,19-20H,3-4H2,1-2H3,(H,15,18)(H,16,17). The number of fused-ring (bicyclic) bond motifs is 1. The van der Waals surface area contributed by atoms with Crippen LogP contribution < -0.4 is 5.32 Å². The van der Waals surface area contributed by atoms with E-state index in [0.717, 1.165) is 16.5 Å². The zero-order valence-corrected chi connectivity index (χ0v) is 11.6. The van der Waals surface area contributed by atoms with Gasteiger partial charge in [0.15, 0.2) is 0 Å². The second kappa shape index (κ2) is 6.02. The number of aliphatic hydroxyl groups excluding tert-OH is 2. The quantitative estimate of drug-likeness (QED) is 0.649. The van der Waals surface area contributed by atoms with Crippen molar-refractivity contribution in [3.8, 4) is 0 Å². The topological polar surface area (TPSA) is 98.2 Å². The zero-order chi connectivity index (χ0) is 14.7. The van der Waals surface area contributed by atoms with Gasteiger partial charge in [0.2, 0.25) is 5.91 Å². The van der Waals surface area contributed by atoms with Crippen molar-refractivity contribution in [1.29, 1.82) is 0 Å². The molecule has 108 valence electrons. The number of amides is 1. The molecule has 1 aromatic carbocycles. The van der Waals surface area contributed by atoms with E-state index in [2.05, 4.69) is 15.5 Å². The minimum atomic E-state index is -0.983. The first-order valence-electron chi connectivity index (χ1n) is 6.53. The Bertz CT molecular complexity index is 609. The van der Waals surface area contributed by atoms with E-state index in [1.165, 1.54) is 6.92 Å². The molecule has 0 saturated heterocycles. The summed E-state index contributed by atoms with van der Waals surface area (Å²) in [5, 5.41) is 30.5. The van der Waals surface area contributed by atoms with Gasteiger partial charge >= 0.3 is 0 Å². The lowest BCUT2D eigenvalue weighted by atomic mass is 9.96. The number of aromatic nitrogens is 2. The van der Waals surface area contributed by atoms with Crippen LogP contribution in [0.25, 0.3) is 10.9 Å². The third-order valence-corrected chi connectivity index (χ3v) is 3.32. The highest BCUT2D eigenvalue weighted by Crippen LogP contribution is 2.26. The summed E-state index contributed by atoms with van der Waals surface area (Å²) in [7, 11) is 0. The number of nitrogens with zero attached hydrogens (tertiary/aromatic N) is 1. The molecule has 2 rings (SSSR count). The molecular weight excluding hydrogens is 258 g/mol. The van der Waals surface area contributed by atoms with Crippen molar-refractivity contribution in [3.63, 3.8) is 0 Å². The van der Waals surface area contributed by atoms with E-state index >= 15 is 0 Å². The van der Waals surface area contributed by atoms with E-state index in [9.17, 15) is 15.0 Å². The summed E-state index contributed by atoms with van der Waals surface area (Å²) in [5.41, 5.74) is 2.45. The molecule has 0 fully saturated rings. The predicted octanol–water partition coefficient (Wildman–Crippen LogP) is 0.792. The Balaban J connectivity index is 2.11. The molecule has 0 spiro atoms. The summed E-state index contributed by atoms with van der Waals surface area (Å²) in [6, 6.07) is 3.71. The zero-order valence-electron chi connectivity index (χ0n) is 11.6. The van der Waals surface area contributed by atoms with Gasteiger partial charge in [-0.15, -0.1) is 0 Å². The van der Waals surface area contributed by atoms with Gasteiger partial charge < -0.3 is 15.5 Å². The number of aliphatic hydroxyl groups is 2. The van der Waals surface area contributed by atoms with E-state index in [-0.39, 0.29) is 5.91 Å². The average molecular weight is 277 g/mol. The Morgan fingerprint density at radius 1 is 1.45 bits per heavy atom. The van der Waals surface area contributed by atoms with Crippen LogP contribution in [0.4, 0.5) is 0 Å². The van der Waals surface area contributed by atoms with Gasteiger partial charge in [-0.1, -0.05) is 0 Å². The lowest BCUT2D eigenvalue weighted by Crippen LogP contribution is -2.27. The highest BCUT2D eigenvalue weighted by atomic mass is 16.3. The molecule has 0 aliphatic rings. The number of carbonyl (C=O) groups is 1. The second-order valence-corrected chi connectivity index (χ2v) is 4.95. The van der Waals surface area contributed by atoms with Crippen LogP contribution in [-0.2, 0) is 4.79 Å². The summed E-state index contributed by atoms with van der Waals surface area (Å²) in [6.07, 6.45) is 0.0612. The Morgan fingerprint density at radius 3 is 2.90 bits per heavy atom. The SMILES string of the molecule is CC(=O)NCCC(O)C(O)c1cc2cn[nH]c2cc1C. The van der Waals surface area contributed by atoms with Crippen molar-refractivity contribution in [2.45, 2.75) is 32.5 Å². The lowest BCUT2D eigenvalue weighted by molar-refractivity contribution is -0.119. The Labute approximate surface area is 116 Å². The molecule has 20 heavy (non-hydrogen) atoms. The van der Waals surface area contributed by atoms with E-state index in [0.29, 0.717) is 18.5 Å². The van der Waals surface area contributed by atoms with E-state index < -0.39 is 12.2 Å². The van der Waals surface area contributed by atoms with Gasteiger partial charge in [0.25, 0.3) is 0 Å².